The lowest BCUT2D eigenvalue weighted by Crippen LogP contribution is -2.44. The van der Waals surface area contributed by atoms with E-state index in [9.17, 15) is 19.5 Å². The van der Waals surface area contributed by atoms with Gasteiger partial charge in [-0.15, -0.1) is 0 Å². The second-order valence-electron chi connectivity index (χ2n) is 22.3. The molecule has 0 bridgehead atoms. The van der Waals surface area contributed by atoms with E-state index < -0.39 is 24.3 Å². The van der Waals surface area contributed by atoms with Gasteiger partial charge in [-0.2, -0.15) is 0 Å². The van der Waals surface area contributed by atoms with Crippen molar-refractivity contribution in [1.82, 2.24) is 0 Å². The van der Waals surface area contributed by atoms with Gasteiger partial charge in [0.25, 0.3) is 0 Å². The van der Waals surface area contributed by atoms with Crippen molar-refractivity contribution in [3.63, 3.8) is 0 Å². The predicted octanol–water partition coefficient (Wildman–Crippen LogP) is 18.8. The molecular weight excluding hydrogens is 1030 g/mol. The van der Waals surface area contributed by atoms with Crippen LogP contribution in [0.5, 0.6) is 0 Å². The van der Waals surface area contributed by atoms with Crippen molar-refractivity contribution in [2.45, 2.75) is 245 Å². The fraction of sp³-hybridized carbons (Fsp3) is 0.608. The third kappa shape index (κ3) is 64.3. The number of unbranched alkanes of at least 4 members (excludes halogenated alkanes) is 17. The Morgan fingerprint density at radius 1 is 0.361 bits per heavy atom. The van der Waals surface area contributed by atoms with E-state index in [1.54, 1.807) is 0 Å². The van der Waals surface area contributed by atoms with Crippen molar-refractivity contribution in [1.29, 1.82) is 0 Å². The van der Waals surface area contributed by atoms with Gasteiger partial charge in [-0.25, -0.2) is 0 Å². The van der Waals surface area contributed by atoms with Crippen LogP contribution in [-0.2, 0) is 33.3 Å². The number of aliphatic carboxylic acids is 1. The topological polar surface area (TPSA) is 111 Å². The molecular formula is C74H119NO8. The van der Waals surface area contributed by atoms with Crippen LogP contribution in [0.25, 0.3) is 0 Å². The average molecular weight is 1150 g/mol. The minimum Gasteiger partial charge on any atom is -0.545 e. The number of carboxylic acid groups (broad SMARTS) is 1. The van der Waals surface area contributed by atoms with Gasteiger partial charge < -0.3 is 33.3 Å². The summed E-state index contributed by atoms with van der Waals surface area (Å²) in [5, 5.41) is 11.8. The fourth-order valence-electron chi connectivity index (χ4n) is 8.35. The Labute approximate surface area is 508 Å². The molecule has 2 atom stereocenters. The second-order valence-corrected chi connectivity index (χ2v) is 22.3. The maximum Gasteiger partial charge on any atom is 0.306 e. The van der Waals surface area contributed by atoms with Crippen molar-refractivity contribution in [2.75, 3.05) is 47.5 Å². The van der Waals surface area contributed by atoms with Crippen LogP contribution in [0.2, 0.25) is 0 Å². The van der Waals surface area contributed by atoms with Crippen LogP contribution in [0.3, 0.4) is 0 Å². The molecule has 0 aliphatic rings. The number of nitrogens with zero attached hydrogens (tertiary/aromatic N) is 1. The van der Waals surface area contributed by atoms with Gasteiger partial charge in [0.2, 0.25) is 0 Å². The molecule has 0 saturated carbocycles. The Balaban J connectivity index is 4.22. The number of ether oxygens (including phenoxy) is 4. The molecule has 0 aromatic carbocycles. The molecule has 83 heavy (non-hydrogen) atoms. The highest BCUT2D eigenvalue weighted by molar-refractivity contribution is 5.70. The van der Waals surface area contributed by atoms with E-state index in [1.165, 1.54) is 89.9 Å². The molecule has 0 aliphatic carbocycles. The molecule has 9 heteroatoms. The van der Waals surface area contributed by atoms with E-state index in [0.717, 1.165) is 103 Å². The first kappa shape index (κ1) is 77.9. The SMILES string of the molecule is CC/C=C\C/C=C\C/C=C\C/C=C\C/C=C\C/C=C\C/C=C\CCCC(=O)OC(COC(=O)CCCCCCCCCCCCCCCCCC/C=C\C/C=C\C/C=C\C/C=C\C/C=C\C/C=C\CC)COC(OCC[N+](C)(C)C)C(=O)[O-]. The summed E-state index contributed by atoms with van der Waals surface area (Å²) in [6, 6.07) is 0. The zero-order chi connectivity index (χ0) is 60.5. The minimum absolute atomic E-state index is 0.129. The summed E-state index contributed by atoms with van der Waals surface area (Å²) in [4.78, 5) is 37.4. The molecule has 0 fully saturated rings. The van der Waals surface area contributed by atoms with Crippen LogP contribution < -0.4 is 5.11 Å². The van der Waals surface area contributed by atoms with Crippen molar-refractivity contribution < 1.29 is 42.9 Å². The quantitative estimate of drug-likeness (QED) is 0.0195. The molecule has 0 heterocycles. The summed E-state index contributed by atoms with van der Waals surface area (Å²) in [7, 11) is 5.90. The summed E-state index contributed by atoms with van der Waals surface area (Å²) >= 11 is 0. The number of esters is 2. The zero-order valence-corrected chi connectivity index (χ0v) is 53.2. The fourth-order valence-corrected chi connectivity index (χ4v) is 8.35. The van der Waals surface area contributed by atoms with E-state index in [-0.39, 0.29) is 38.6 Å². The van der Waals surface area contributed by atoms with Gasteiger partial charge in [-0.3, -0.25) is 9.59 Å². The van der Waals surface area contributed by atoms with Gasteiger partial charge in [0, 0.05) is 12.8 Å². The zero-order valence-electron chi connectivity index (χ0n) is 53.2. The second kappa shape index (κ2) is 62.9. The molecule has 0 radical (unpaired) electrons. The Hall–Kier alpha value is -5.09. The molecule has 0 aliphatic heterocycles. The van der Waals surface area contributed by atoms with E-state index >= 15 is 0 Å². The number of carbonyl (C=O) groups is 3. The molecule has 2 unspecified atom stereocenters. The lowest BCUT2D eigenvalue weighted by molar-refractivity contribution is -0.870. The first-order chi connectivity index (χ1) is 40.6. The van der Waals surface area contributed by atoms with Crippen molar-refractivity contribution in [3.8, 4) is 0 Å². The molecule has 0 aromatic rings. The molecule has 0 aromatic heterocycles. The molecule has 0 amide bonds. The highest BCUT2D eigenvalue weighted by atomic mass is 16.7. The monoisotopic (exact) mass is 1150 g/mol. The van der Waals surface area contributed by atoms with E-state index in [1.807, 2.05) is 21.1 Å². The number of quaternary nitrogens is 1. The van der Waals surface area contributed by atoms with Gasteiger partial charge in [0.05, 0.1) is 40.3 Å². The van der Waals surface area contributed by atoms with Gasteiger partial charge in [-0.05, 0) is 116 Å². The molecule has 9 nitrogen and oxygen atoms in total. The van der Waals surface area contributed by atoms with E-state index in [2.05, 4.69) is 172 Å². The maximum absolute atomic E-state index is 12.9. The van der Waals surface area contributed by atoms with Crippen molar-refractivity contribution in [2.24, 2.45) is 0 Å². The smallest absolute Gasteiger partial charge is 0.306 e. The third-order valence-electron chi connectivity index (χ3n) is 13.3. The molecule has 0 N–H and O–H groups in total. The van der Waals surface area contributed by atoms with Gasteiger partial charge in [-0.1, -0.05) is 262 Å². The number of hydrogen-bond donors (Lipinski definition) is 0. The Kier molecular flexibility index (Phi) is 59.1. The van der Waals surface area contributed by atoms with Crippen molar-refractivity contribution >= 4 is 17.9 Å². The largest absolute Gasteiger partial charge is 0.545 e. The highest BCUT2D eigenvalue weighted by Crippen LogP contribution is 2.16. The van der Waals surface area contributed by atoms with Gasteiger partial charge in [0.1, 0.15) is 13.2 Å². The summed E-state index contributed by atoms with van der Waals surface area (Å²) in [6.07, 6.45) is 90.4. The van der Waals surface area contributed by atoms with Crippen LogP contribution in [0.4, 0.5) is 0 Å². The molecule has 468 valence electrons. The van der Waals surface area contributed by atoms with Crippen molar-refractivity contribution in [3.05, 3.63) is 158 Å². The van der Waals surface area contributed by atoms with Crippen LogP contribution in [0.15, 0.2) is 158 Å². The average Bonchev–Trinajstić information content (AvgIpc) is 3.46. The summed E-state index contributed by atoms with van der Waals surface area (Å²) < 4.78 is 22.7. The Morgan fingerprint density at radius 3 is 1.00 bits per heavy atom. The summed E-state index contributed by atoms with van der Waals surface area (Å²) in [5.74, 6) is -2.38. The predicted molar refractivity (Wildman–Crippen MR) is 352 cm³/mol. The van der Waals surface area contributed by atoms with Crippen LogP contribution in [-0.4, -0.2) is 82.3 Å². The van der Waals surface area contributed by atoms with Gasteiger partial charge in [0.15, 0.2) is 12.4 Å². The molecule has 0 rings (SSSR count). The number of likely N-dealkylation sites (N-methyl/N-ethyl adjacent to an activating group) is 1. The lowest BCUT2D eigenvalue weighted by atomic mass is 10.0. The number of carboxylic acids is 1. The molecule has 0 saturated heterocycles. The van der Waals surface area contributed by atoms with E-state index in [4.69, 9.17) is 18.9 Å². The summed E-state index contributed by atoms with van der Waals surface area (Å²) in [5.41, 5.74) is 0. The first-order valence-electron chi connectivity index (χ1n) is 32.6. The van der Waals surface area contributed by atoms with Crippen LogP contribution >= 0.6 is 0 Å². The van der Waals surface area contributed by atoms with Gasteiger partial charge >= 0.3 is 11.9 Å². The van der Waals surface area contributed by atoms with Crippen LogP contribution in [0, 0.1) is 0 Å². The molecule has 0 spiro atoms. The number of allylic oxidation sites excluding steroid dienone is 26. The number of carbonyl (C=O) groups excluding carboxylic acids is 3. The van der Waals surface area contributed by atoms with Crippen LogP contribution in [0.1, 0.15) is 232 Å². The number of hydrogen-bond acceptors (Lipinski definition) is 8. The highest BCUT2D eigenvalue weighted by Gasteiger charge is 2.22. The Morgan fingerprint density at radius 2 is 0.663 bits per heavy atom. The maximum atomic E-state index is 12.9. The first-order valence-corrected chi connectivity index (χ1v) is 32.6. The lowest BCUT2D eigenvalue weighted by Gasteiger charge is -2.26. The Bertz CT molecular complexity index is 1920. The third-order valence-corrected chi connectivity index (χ3v) is 13.3. The minimum atomic E-state index is -1.65. The number of rotatable bonds is 58. The van der Waals surface area contributed by atoms with E-state index in [0.29, 0.717) is 23.9 Å². The normalized spacial score (nSPS) is 13.8. The summed E-state index contributed by atoms with van der Waals surface area (Å²) in [6.45, 7) is 4.44. The standard InChI is InChI=1S/C74H119NO8/c1-6-8-10-12-14-16-18-20-22-24-26-28-30-31-32-33-34-35-36-37-38-39-40-41-43-44-46-48-50-52-54-56-58-60-62-64-71(76)81-68-70(69-82-74(73(78)79)80-67-66-75(3,4)5)83-72(77)65-63-61-59-57-55-53-51-49-47-45-42-29-27-25-23-21-19-17-15-13-11-9-7-2/h8-11,14-17,20-23,26-29,31-32,34-35,45,47,51,53,57,59,70,74H,6-7,12-13,18-19,24-25,30,33,36-44,46,48-50,52,54-56,58,60-69H2,1-5H3/b10-8-,11-9-,16-14-,17-15-,22-20-,23-21-,28-26-,29-27-,32-31-,35-34-,47-45-,53-51-,59-57-.